The van der Waals surface area contributed by atoms with Crippen LogP contribution in [-0.2, 0) is 22.6 Å². The van der Waals surface area contributed by atoms with Crippen molar-refractivity contribution in [3.63, 3.8) is 0 Å². The largest absolute Gasteiger partial charge is 0.483 e. The molecule has 0 saturated carbocycles. The van der Waals surface area contributed by atoms with Gasteiger partial charge in [-0.3, -0.25) is 9.59 Å². The van der Waals surface area contributed by atoms with Crippen LogP contribution >= 0.6 is 0 Å². The number of nitrogens with zero attached hydrogens (tertiary/aromatic N) is 5. The summed E-state index contributed by atoms with van der Waals surface area (Å²) in [6.45, 7) is 3.91. The third-order valence-corrected chi connectivity index (χ3v) is 4.56. The third kappa shape index (κ3) is 6.72. The van der Waals surface area contributed by atoms with Gasteiger partial charge in [0, 0.05) is 32.6 Å². The molecule has 0 radical (unpaired) electrons. The zero-order valence-electron chi connectivity index (χ0n) is 16.4. The Morgan fingerprint density at radius 1 is 1.35 bits per heavy atom. The van der Waals surface area contributed by atoms with Crippen molar-refractivity contribution in [1.29, 1.82) is 0 Å². The van der Waals surface area contributed by atoms with E-state index in [1.165, 1.54) is 0 Å². The summed E-state index contributed by atoms with van der Waals surface area (Å²) in [6.07, 6.45) is 2.70. The molecular formula is C17H31N5O4. The maximum atomic E-state index is 12.7. The van der Waals surface area contributed by atoms with Crippen molar-refractivity contribution in [3.05, 3.63) is 11.7 Å². The molecule has 0 aromatic carbocycles. The number of hydrogen-bond donors (Lipinski definition) is 1. The maximum Gasteiger partial charge on any atom is 0.290 e. The number of carbonyl (C=O) groups excluding carboxylic acids is 1. The fourth-order valence-electron chi connectivity index (χ4n) is 3.10. The molecule has 0 aliphatic carbocycles. The Labute approximate surface area is 154 Å². The Hall–Kier alpha value is -2.00. The summed E-state index contributed by atoms with van der Waals surface area (Å²) in [7, 11) is 8.11. The number of aromatic nitrogens is 2. The average Bonchev–Trinajstić information content (AvgIpc) is 2.94. The second-order valence-electron chi connectivity index (χ2n) is 6.87. The minimum Gasteiger partial charge on any atom is -0.483 e. The fraction of sp³-hybridized carbons (Fsp3) is 0.765. The number of rotatable bonds is 5. The zero-order valence-corrected chi connectivity index (χ0v) is 16.4. The summed E-state index contributed by atoms with van der Waals surface area (Å²) in [6, 6.07) is 0.506. The number of likely N-dealkylation sites (tertiary alicyclic amines) is 1. The second kappa shape index (κ2) is 10.9. The van der Waals surface area contributed by atoms with Crippen molar-refractivity contribution >= 4 is 12.4 Å². The molecule has 1 saturated heterocycles. The van der Waals surface area contributed by atoms with E-state index in [-0.39, 0.29) is 18.3 Å². The molecule has 0 unspecified atom stereocenters. The number of aryl methyl sites for hydroxylation is 1. The number of hydrogen-bond acceptors (Lipinski definition) is 7. The summed E-state index contributed by atoms with van der Waals surface area (Å²) < 4.78 is 5.19. The van der Waals surface area contributed by atoms with Gasteiger partial charge >= 0.3 is 0 Å². The molecule has 1 fully saturated rings. The summed E-state index contributed by atoms with van der Waals surface area (Å²) in [4.78, 5) is 31.6. The first-order valence-corrected chi connectivity index (χ1v) is 8.81. The molecule has 2 atom stereocenters. The molecule has 0 bridgehead atoms. The molecule has 2 heterocycles. The van der Waals surface area contributed by atoms with E-state index in [1.54, 1.807) is 4.90 Å². The van der Waals surface area contributed by atoms with Crippen LogP contribution in [0.3, 0.4) is 0 Å². The van der Waals surface area contributed by atoms with Crippen molar-refractivity contribution in [2.45, 2.75) is 38.8 Å². The van der Waals surface area contributed by atoms with Gasteiger partial charge in [0.25, 0.3) is 6.47 Å². The second-order valence-corrected chi connectivity index (χ2v) is 6.87. The summed E-state index contributed by atoms with van der Waals surface area (Å²) in [5.41, 5.74) is 0. The first kappa shape index (κ1) is 22.0. The van der Waals surface area contributed by atoms with Crippen LogP contribution in [0.2, 0.25) is 0 Å². The number of carbonyl (C=O) groups is 2. The van der Waals surface area contributed by atoms with Gasteiger partial charge in [0.15, 0.2) is 5.82 Å². The number of amides is 1. The monoisotopic (exact) mass is 369 g/mol. The molecule has 1 aromatic rings. The van der Waals surface area contributed by atoms with Gasteiger partial charge in [-0.2, -0.15) is 4.98 Å². The molecule has 2 rings (SSSR count). The lowest BCUT2D eigenvalue weighted by Gasteiger charge is -2.26. The SMILES string of the molecule is CCc1noc(CN(C)C(=O)[C@@H]2CC[C@H](N(C)C)CN(C)C2)n1.O=CO. The maximum absolute atomic E-state index is 12.7. The van der Waals surface area contributed by atoms with Crippen LogP contribution in [-0.4, -0.2) is 89.6 Å². The topological polar surface area (TPSA) is 103 Å². The highest BCUT2D eigenvalue weighted by molar-refractivity contribution is 5.78. The Balaban J connectivity index is 0.00000105. The van der Waals surface area contributed by atoms with Crippen molar-refractivity contribution in [2.24, 2.45) is 5.92 Å². The van der Waals surface area contributed by atoms with Crippen molar-refractivity contribution < 1.29 is 19.2 Å². The Morgan fingerprint density at radius 3 is 2.54 bits per heavy atom. The van der Waals surface area contributed by atoms with Crippen LogP contribution in [0, 0.1) is 5.92 Å². The normalized spacial score (nSPS) is 20.8. The predicted octanol–water partition coefficient (Wildman–Crippen LogP) is 0.563. The van der Waals surface area contributed by atoms with E-state index in [0.29, 0.717) is 24.3 Å². The zero-order chi connectivity index (χ0) is 19.7. The fourth-order valence-corrected chi connectivity index (χ4v) is 3.10. The average molecular weight is 369 g/mol. The van der Waals surface area contributed by atoms with E-state index >= 15 is 0 Å². The molecular weight excluding hydrogens is 338 g/mol. The smallest absolute Gasteiger partial charge is 0.290 e. The van der Waals surface area contributed by atoms with Crippen molar-refractivity contribution in [3.8, 4) is 0 Å². The van der Waals surface area contributed by atoms with E-state index in [1.807, 2.05) is 14.0 Å². The van der Waals surface area contributed by atoms with Crippen LogP contribution in [0.4, 0.5) is 0 Å². The van der Waals surface area contributed by atoms with E-state index < -0.39 is 0 Å². The summed E-state index contributed by atoms with van der Waals surface area (Å²) >= 11 is 0. The molecule has 26 heavy (non-hydrogen) atoms. The minimum absolute atomic E-state index is 0.0310. The lowest BCUT2D eigenvalue weighted by Crippen LogP contribution is -2.39. The molecule has 1 amide bonds. The van der Waals surface area contributed by atoms with Gasteiger partial charge in [-0.15, -0.1) is 0 Å². The number of carboxylic acid groups (broad SMARTS) is 1. The van der Waals surface area contributed by atoms with Crippen LogP contribution < -0.4 is 0 Å². The lowest BCUT2D eigenvalue weighted by molar-refractivity contribution is -0.135. The van der Waals surface area contributed by atoms with E-state index in [2.05, 4.69) is 41.1 Å². The Bertz CT molecular complexity index is 563. The van der Waals surface area contributed by atoms with Crippen molar-refractivity contribution in [2.75, 3.05) is 41.3 Å². The number of likely N-dealkylation sites (N-methyl/N-ethyl adjacent to an activating group) is 2. The quantitative estimate of drug-likeness (QED) is 0.751. The van der Waals surface area contributed by atoms with Gasteiger partial charge < -0.3 is 24.3 Å². The van der Waals surface area contributed by atoms with Crippen LogP contribution in [0.5, 0.6) is 0 Å². The van der Waals surface area contributed by atoms with Crippen molar-refractivity contribution in [1.82, 2.24) is 24.8 Å². The van der Waals surface area contributed by atoms with Gasteiger partial charge in [-0.05, 0) is 34.0 Å². The standard InChI is InChI=1S/C16H29N5O2.CH2O2/c1-6-14-17-15(23-18-14)11-21(5)16(22)12-7-8-13(19(2)3)10-20(4)9-12;2-1-3/h12-13H,6-11H2,1-5H3;1H,(H,2,3)/t12-,13+;/m1./s1. The predicted molar refractivity (Wildman–Crippen MR) is 96.5 cm³/mol. The van der Waals surface area contributed by atoms with E-state index in [9.17, 15) is 4.79 Å². The molecule has 0 spiro atoms. The first-order chi connectivity index (χ1) is 12.3. The summed E-state index contributed by atoms with van der Waals surface area (Å²) in [5, 5.41) is 10.8. The minimum atomic E-state index is -0.250. The molecule has 148 valence electrons. The van der Waals surface area contributed by atoms with Crippen LogP contribution in [0.15, 0.2) is 4.52 Å². The molecule has 9 nitrogen and oxygen atoms in total. The highest BCUT2D eigenvalue weighted by Crippen LogP contribution is 2.20. The molecule has 1 N–H and O–H groups in total. The Morgan fingerprint density at radius 2 is 2.00 bits per heavy atom. The third-order valence-electron chi connectivity index (χ3n) is 4.56. The van der Waals surface area contributed by atoms with E-state index in [0.717, 1.165) is 32.4 Å². The van der Waals surface area contributed by atoms with Gasteiger partial charge in [-0.25, -0.2) is 0 Å². The van der Waals surface area contributed by atoms with Crippen LogP contribution in [0.25, 0.3) is 0 Å². The van der Waals surface area contributed by atoms with Gasteiger partial charge in [0.2, 0.25) is 11.8 Å². The van der Waals surface area contributed by atoms with Crippen LogP contribution in [0.1, 0.15) is 31.5 Å². The van der Waals surface area contributed by atoms with Gasteiger partial charge in [0.05, 0.1) is 12.5 Å². The summed E-state index contributed by atoms with van der Waals surface area (Å²) in [5.74, 6) is 1.38. The Kier molecular flexibility index (Phi) is 9.22. The first-order valence-electron chi connectivity index (χ1n) is 8.81. The van der Waals surface area contributed by atoms with Gasteiger partial charge in [0.1, 0.15) is 0 Å². The molecule has 1 aromatic heterocycles. The van der Waals surface area contributed by atoms with E-state index in [4.69, 9.17) is 14.4 Å². The molecule has 1 aliphatic rings. The highest BCUT2D eigenvalue weighted by Gasteiger charge is 2.29. The lowest BCUT2D eigenvalue weighted by atomic mass is 10.00. The molecule has 9 heteroatoms. The van der Waals surface area contributed by atoms with Gasteiger partial charge in [-0.1, -0.05) is 12.1 Å². The highest BCUT2D eigenvalue weighted by atomic mass is 16.5. The molecule has 1 aliphatic heterocycles.